The predicted octanol–water partition coefficient (Wildman–Crippen LogP) is 2.74. The lowest BCUT2D eigenvalue weighted by Gasteiger charge is -2.13. The Morgan fingerprint density at radius 2 is 1.69 bits per heavy atom. The SMILES string of the molecule is CN=C(NCc1ccc(CS(C)(=O)=O)cc1)NCc1cc(Cl)c(Cl)n1C. The summed E-state index contributed by atoms with van der Waals surface area (Å²) in [5, 5.41) is 7.43. The summed E-state index contributed by atoms with van der Waals surface area (Å²) < 4.78 is 24.5. The molecule has 0 fully saturated rings. The van der Waals surface area contributed by atoms with Gasteiger partial charge in [-0.1, -0.05) is 47.5 Å². The molecule has 0 saturated heterocycles. The molecular formula is C17H22Cl2N4O2S. The number of nitrogens with one attached hydrogen (secondary N) is 2. The molecule has 9 heteroatoms. The summed E-state index contributed by atoms with van der Waals surface area (Å²) in [5.41, 5.74) is 2.74. The molecule has 0 radical (unpaired) electrons. The highest BCUT2D eigenvalue weighted by Crippen LogP contribution is 2.24. The van der Waals surface area contributed by atoms with E-state index in [0.717, 1.165) is 16.8 Å². The van der Waals surface area contributed by atoms with Gasteiger partial charge in [0, 0.05) is 32.6 Å². The summed E-state index contributed by atoms with van der Waals surface area (Å²) in [6.45, 7) is 1.09. The van der Waals surface area contributed by atoms with Crippen molar-refractivity contribution in [3.63, 3.8) is 0 Å². The number of hydrogen-bond donors (Lipinski definition) is 2. The standard InChI is InChI=1S/C17H22Cl2N4O2S/c1-20-17(22-10-14-8-15(18)16(19)23(14)2)21-9-12-4-6-13(7-5-12)11-26(3,24)25/h4-8H,9-11H2,1-3H3,(H2,20,21,22). The van der Waals surface area contributed by atoms with Crippen LogP contribution >= 0.6 is 23.2 Å². The third-order valence-corrected chi connectivity index (χ3v) is 5.49. The fraction of sp³-hybridized carbons (Fsp3) is 0.353. The van der Waals surface area contributed by atoms with Gasteiger partial charge in [0.25, 0.3) is 0 Å². The van der Waals surface area contributed by atoms with Gasteiger partial charge >= 0.3 is 0 Å². The van der Waals surface area contributed by atoms with Gasteiger partial charge in [-0.3, -0.25) is 4.99 Å². The number of aliphatic imine (C=N–C) groups is 1. The van der Waals surface area contributed by atoms with Crippen LogP contribution in [-0.2, 0) is 35.7 Å². The topological polar surface area (TPSA) is 75.5 Å². The van der Waals surface area contributed by atoms with E-state index in [1.807, 2.05) is 41.9 Å². The van der Waals surface area contributed by atoms with Crippen LogP contribution in [0.5, 0.6) is 0 Å². The molecule has 1 aromatic heterocycles. The highest BCUT2D eigenvalue weighted by Gasteiger charge is 2.09. The van der Waals surface area contributed by atoms with Gasteiger partial charge in [0.2, 0.25) is 0 Å². The fourth-order valence-corrected chi connectivity index (χ4v) is 3.61. The summed E-state index contributed by atoms with van der Waals surface area (Å²) >= 11 is 12.1. The van der Waals surface area contributed by atoms with Gasteiger partial charge in [0.15, 0.2) is 15.8 Å². The van der Waals surface area contributed by atoms with Crippen molar-refractivity contribution in [2.45, 2.75) is 18.8 Å². The average Bonchev–Trinajstić information content (AvgIpc) is 2.82. The van der Waals surface area contributed by atoms with Crippen molar-refractivity contribution in [3.05, 3.63) is 57.3 Å². The van der Waals surface area contributed by atoms with Crippen LogP contribution in [0, 0.1) is 0 Å². The number of rotatable bonds is 6. The minimum Gasteiger partial charge on any atom is -0.352 e. The molecule has 0 aliphatic carbocycles. The highest BCUT2D eigenvalue weighted by atomic mass is 35.5. The van der Waals surface area contributed by atoms with Crippen LogP contribution in [0.4, 0.5) is 0 Å². The second kappa shape index (κ2) is 8.79. The Bertz CT molecular complexity index is 890. The summed E-state index contributed by atoms with van der Waals surface area (Å²) in [4.78, 5) is 4.18. The van der Waals surface area contributed by atoms with E-state index in [9.17, 15) is 8.42 Å². The van der Waals surface area contributed by atoms with Crippen LogP contribution in [0.15, 0.2) is 35.3 Å². The quantitative estimate of drug-likeness (QED) is 0.560. The molecule has 0 atom stereocenters. The molecular weight excluding hydrogens is 395 g/mol. The highest BCUT2D eigenvalue weighted by molar-refractivity contribution is 7.89. The van der Waals surface area contributed by atoms with E-state index in [0.29, 0.717) is 29.2 Å². The third-order valence-electron chi connectivity index (χ3n) is 3.79. The van der Waals surface area contributed by atoms with Crippen molar-refractivity contribution < 1.29 is 8.42 Å². The first-order valence-electron chi connectivity index (χ1n) is 7.89. The first-order valence-corrected chi connectivity index (χ1v) is 10.7. The molecule has 0 unspecified atom stereocenters. The van der Waals surface area contributed by atoms with Crippen molar-refractivity contribution in [1.82, 2.24) is 15.2 Å². The summed E-state index contributed by atoms with van der Waals surface area (Å²) in [6.07, 6.45) is 1.23. The molecule has 6 nitrogen and oxygen atoms in total. The molecule has 2 aromatic rings. The van der Waals surface area contributed by atoms with Gasteiger partial charge < -0.3 is 15.2 Å². The van der Waals surface area contributed by atoms with Gasteiger partial charge in [0.1, 0.15) is 5.15 Å². The Hall–Kier alpha value is -1.70. The molecule has 26 heavy (non-hydrogen) atoms. The van der Waals surface area contributed by atoms with Crippen LogP contribution < -0.4 is 10.6 Å². The number of halogens is 2. The second-order valence-corrected chi connectivity index (χ2v) is 8.90. The fourth-order valence-electron chi connectivity index (χ4n) is 2.40. The molecule has 142 valence electrons. The van der Waals surface area contributed by atoms with E-state index in [-0.39, 0.29) is 5.75 Å². The van der Waals surface area contributed by atoms with Gasteiger partial charge in [-0.25, -0.2) is 8.42 Å². The zero-order chi connectivity index (χ0) is 19.3. The lowest BCUT2D eigenvalue weighted by atomic mass is 10.1. The number of aromatic nitrogens is 1. The summed E-state index contributed by atoms with van der Waals surface area (Å²) in [7, 11) is 0.513. The minimum atomic E-state index is -3.02. The van der Waals surface area contributed by atoms with Crippen LogP contribution in [0.3, 0.4) is 0 Å². The normalized spacial score (nSPS) is 12.3. The van der Waals surface area contributed by atoms with E-state index in [1.165, 1.54) is 6.26 Å². The largest absolute Gasteiger partial charge is 0.352 e. The average molecular weight is 417 g/mol. The van der Waals surface area contributed by atoms with Crippen LogP contribution in [0.2, 0.25) is 10.2 Å². The monoisotopic (exact) mass is 416 g/mol. The zero-order valence-electron chi connectivity index (χ0n) is 14.9. The molecule has 0 aliphatic rings. The maximum atomic E-state index is 11.3. The van der Waals surface area contributed by atoms with Crippen molar-refractivity contribution in [2.24, 2.45) is 12.0 Å². The number of guanidine groups is 1. The minimum absolute atomic E-state index is 0.0473. The number of benzene rings is 1. The molecule has 0 saturated carbocycles. The van der Waals surface area contributed by atoms with Crippen LogP contribution in [0.25, 0.3) is 0 Å². The third kappa shape index (κ3) is 5.93. The van der Waals surface area contributed by atoms with E-state index in [1.54, 1.807) is 7.05 Å². The lowest BCUT2D eigenvalue weighted by molar-refractivity contribution is 0.601. The number of hydrogen-bond acceptors (Lipinski definition) is 3. The Balaban J connectivity index is 1.89. The van der Waals surface area contributed by atoms with E-state index < -0.39 is 9.84 Å². The maximum Gasteiger partial charge on any atom is 0.191 e. The van der Waals surface area contributed by atoms with E-state index in [2.05, 4.69) is 15.6 Å². The molecule has 1 heterocycles. The van der Waals surface area contributed by atoms with Gasteiger partial charge in [-0.05, 0) is 17.2 Å². The maximum absolute atomic E-state index is 11.3. The van der Waals surface area contributed by atoms with Crippen LogP contribution in [0.1, 0.15) is 16.8 Å². The molecule has 2 N–H and O–H groups in total. The first-order chi connectivity index (χ1) is 12.2. The van der Waals surface area contributed by atoms with E-state index in [4.69, 9.17) is 23.2 Å². The van der Waals surface area contributed by atoms with Crippen molar-refractivity contribution >= 4 is 39.0 Å². The lowest BCUT2D eigenvalue weighted by Crippen LogP contribution is -2.36. The molecule has 2 rings (SSSR count). The molecule has 0 aliphatic heterocycles. The van der Waals surface area contributed by atoms with Crippen molar-refractivity contribution in [1.29, 1.82) is 0 Å². The number of nitrogens with zero attached hydrogens (tertiary/aromatic N) is 2. The summed E-state index contributed by atoms with van der Waals surface area (Å²) in [6, 6.07) is 9.25. The Morgan fingerprint density at radius 1 is 1.12 bits per heavy atom. The van der Waals surface area contributed by atoms with E-state index >= 15 is 0 Å². The van der Waals surface area contributed by atoms with Crippen molar-refractivity contribution in [2.75, 3.05) is 13.3 Å². The van der Waals surface area contributed by atoms with Crippen LogP contribution in [-0.4, -0.2) is 32.2 Å². The Kier molecular flexibility index (Phi) is 6.97. The smallest absolute Gasteiger partial charge is 0.191 e. The number of sulfone groups is 1. The Labute approximate surface area is 164 Å². The van der Waals surface area contributed by atoms with Gasteiger partial charge in [-0.15, -0.1) is 0 Å². The molecule has 0 amide bonds. The zero-order valence-corrected chi connectivity index (χ0v) is 17.2. The molecule has 1 aromatic carbocycles. The van der Waals surface area contributed by atoms with Crippen molar-refractivity contribution in [3.8, 4) is 0 Å². The van der Waals surface area contributed by atoms with Gasteiger partial charge in [-0.2, -0.15) is 0 Å². The predicted molar refractivity (Wildman–Crippen MR) is 107 cm³/mol. The second-order valence-electron chi connectivity index (χ2n) is 6.00. The molecule has 0 spiro atoms. The Morgan fingerprint density at radius 3 is 2.19 bits per heavy atom. The first kappa shape index (κ1) is 20.6. The summed E-state index contributed by atoms with van der Waals surface area (Å²) in [5.74, 6) is 0.685. The van der Waals surface area contributed by atoms with Gasteiger partial charge in [0.05, 0.1) is 17.3 Å². The molecule has 0 bridgehead atoms.